The largest absolute Gasteiger partial charge is 0.461 e. The van der Waals surface area contributed by atoms with Crippen LogP contribution in [0.25, 0.3) is 0 Å². The van der Waals surface area contributed by atoms with E-state index >= 15 is 0 Å². The molecule has 1 aromatic heterocycles. The number of anilines is 1. The highest BCUT2D eigenvalue weighted by molar-refractivity contribution is 6.04. The summed E-state index contributed by atoms with van der Waals surface area (Å²) in [4.78, 5) is 35.4. The first kappa shape index (κ1) is 22.5. The van der Waals surface area contributed by atoms with Crippen molar-refractivity contribution in [3.05, 3.63) is 75.1 Å². The van der Waals surface area contributed by atoms with Gasteiger partial charge in [0.05, 0.1) is 23.3 Å². The van der Waals surface area contributed by atoms with Crippen LogP contribution in [0.15, 0.2) is 42.5 Å². The van der Waals surface area contributed by atoms with E-state index in [9.17, 15) is 19.7 Å². The van der Waals surface area contributed by atoms with Gasteiger partial charge in [-0.25, -0.2) is 4.79 Å². The summed E-state index contributed by atoms with van der Waals surface area (Å²) in [5, 5.41) is 18.0. The summed E-state index contributed by atoms with van der Waals surface area (Å²) in [5.74, 6) is -0.515. The molecular formula is C22H22N4O6. The van der Waals surface area contributed by atoms with Crippen LogP contribution in [0.3, 0.4) is 0 Å². The molecular weight excluding hydrogens is 416 g/mol. The summed E-state index contributed by atoms with van der Waals surface area (Å²) < 4.78 is 12.0. The Hall–Kier alpha value is -4.21. The number of non-ortho nitro benzene ring substituents is 1. The molecule has 0 unspecified atom stereocenters. The topological polar surface area (TPSA) is 126 Å². The molecule has 0 aliphatic carbocycles. The Bertz CT molecular complexity index is 1200. The molecule has 1 N–H and O–H groups in total. The minimum atomic E-state index is -0.644. The number of ether oxygens (including phenoxy) is 2. The summed E-state index contributed by atoms with van der Waals surface area (Å²) in [6, 6.07) is 10.9. The molecule has 166 valence electrons. The van der Waals surface area contributed by atoms with E-state index in [0.29, 0.717) is 5.75 Å². The Morgan fingerprint density at radius 2 is 1.91 bits per heavy atom. The maximum atomic E-state index is 12.7. The SMILES string of the molecule is CCOC(=O)c1cc(C(=O)Nc2cc(Oc3cc(C)ccc3C)cc([N+](=O)[O-])c2)nn1C. The smallest absolute Gasteiger partial charge is 0.356 e. The number of carbonyl (C=O) groups is 2. The van der Waals surface area contributed by atoms with E-state index in [-0.39, 0.29) is 35.1 Å². The van der Waals surface area contributed by atoms with Crippen LogP contribution < -0.4 is 10.1 Å². The fraction of sp³-hybridized carbons (Fsp3) is 0.227. The average molecular weight is 438 g/mol. The molecule has 0 aliphatic rings. The first-order valence-corrected chi connectivity index (χ1v) is 9.75. The second-order valence-corrected chi connectivity index (χ2v) is 7.06. The van der Waals surface area contributed by atoms with Crippen LogP contribution in [-0.2, 0) is 11.8 Å². The van der Waals surface area contributed by atoms with Crippen LogP contribution in [0.2, 0.25) is 0 Å². The van der Waals surface area contributed by atoms with Gasteiger partial charge < -0.3 is 14.8 Å². The Morgan fingerprint density at radius 3 is 2.59 bits per heavy atom. The molecule has 10 heteroatoms. The van der Waals surface area contributed by atoms with E-state index in [2.05, 4.69) is 10.4 Å². The summed E-state index contributed by atoms with van der Waals surface area (Å²) in [5.41, 5.74) is 1.78. The van der Waals surface area contributed by atoms with Gasteiger partial charge in [-0.1, -0.05) is 12.1 Å². The van der Waals surface area contributed by atoms with Crippen molar-refractivity contribution in [2.24, 2.45) is 7.05 Å². The van der Waals surface area contributed by atoms with Crippen molar-refractivity contribution in [2.45, 2.75) is 20.8 Å². The first-order valence-electron chi connectivity index (χ1n) is 9.75. The summed E-state index contributed by atoms with van der Waals surface area (Å²) in [6.07, 6.45) is 0. The molecule has 1 heterocycles. The normalized spacial score (nSPS) is 10.5. The van der Waals surface area contributed by atoms with Crippen LogP contribution >= 0.6 is 0 Å². The fourth-order valence-corrected chi connectivity index (χ4v) is 2.93. The van der Waals surface area contributed by atoms with E-state index in [1.807, 2.05) is 32.0 Å². The summed E-state index contributed by atoms with van der Waals surface area (Å²) in [6.45, 7) is 5.62. The fourth-order valence-electron chi connectivity index (χ4n) is 2.93. The Morgan fingerprint density at radius 1 is 1.16 bits per heavy atom. The van der Waals surface area contributed by atoms with Crippen molar-refractivity contribution < 1.29 is 24.0 Å². The lowest BCUT2D eigenvalue weighted by Crippen LogP contribution is -2.13. The number of aromatic nitrogens is 2. The lowest BCUT2D eigenvalue weighted by atomic mass is 10.1. The third kappa shape index (κ3) is 5.09. The Kier molecular flexibility index (Phi) is 6.53. The van der Waals surface area contributed by atoms with Gasteiger partial charge in [0, 0.05) is 25.2 Å². The van der Waals surface area contributed by atoms with E-state index in [1.165, 1.54) is 36.0 Å². The number of carbonyl (C=O) groups excluding carboxylic acids is 2. The Balaban J connectivity index is 1.88. The maximum absolute atomic E-state index is 12.7. The van der Waals surface area contributed by atoms with Gasteiger partial charge in [-0.2, -0.15) is 5.10 Å². The number of esters is 1. The van der Waals surface area contributed by atoms with E-state index in [1.54, 1.807) is 6.92 Å². The van der Waals surface area contributed by atoms with Crippen LogP contribution in [0.5, 0.6) is 11.5 Å². The van der Waals surface area contributed by atoms with Crippen LogP contribution in [-0.4, -0.2) is 33.2 Å². The highest BCUT2D eigenvalue weighted by atomic mass is 16.6. The van der Waals surface area contributed by atoms with Crippen molar-refractivity contribution in [1.29, 1.82) is 0 Å². The predicted molar refractivity (Wildman–Crippen MR) is 116 cm³/mol. The van der Waals surface area contributed by atoms with Gasteiger partial charge in [-0.3, -0.25) is 19.6 Å². The molecule has 10 nitrogen and oxygen atoms in total. The predicted octanol–water partition coefficient (Wildman–Crippen LogP) is 4.17. The van der Waals surface area contributed by atoms with Crippen LogP contribution in [0, 0.1) is 24.0 Å². The van der Waals surface area contributed by atoms with Gasteiger partial charge >= 0.3 is 5.97 Å². The second-order valence-electron chi connectivity index (χ2n) is 7.06. The van der Waals surface area contributed by atoms with Crippen molar-refractivity contribution >= 4 is 23.3 Å². The van der Waals surface area contributed by atoms with Gasteiger partial charge in [-0.05, 0) is 38.0 Å². The number of aryl methyl sites for hydroxylation is 3. The number of hydrogen-bond donors (Lipinski definition) is 1. The van der Waals surface area contributed by atoms with Gasteiger partial charge in [0.1, 0.15) is 17.2 Å². The number of nitro groups is 1. The maximum Gasteiger partial charge on any atom is 0.356 e. The monoisotopic (exact) mass is 438 g/mol. The van der Waals surface area contributed by atoms with Crippen LogP contribution in [0.4, 0.5) is 11.4 Å². The molecule has 0 bridgehead atoms. The molecule has 0 aliphatic heterocycles. The summed E-state index contributed by atoms with van der Waals surface area (Å²) in [7, 11) is 1.51. The molecule has 3 rings (SSSR count). The minimum absolute atomic E-state index is 0.0425. The minimum Gasteiger partial charge on any atom is -0.461 e. The van der Waals surface area contributed by atoms with Crippen molar-refractivity contribution in [3.63, 3.8) is 0 Å². The van der Waals surface area contributed by atoms with Crippen molar-refractivity contribution in [1.82, 2.24) is 9.78 Å². The third-order valence-corrected chi connectivity index (χ3v) is 4.53. The van der Waals surface area contributed by atoms with Crippen molar-refractivity contribution in [2.75, 3.05) is 11.9 Å². The standard InChI is InChI=1S/C22H22N4O6/c1-5-31-22(28)19-12-18(24-25(19)4)21(27)23-15-9-16(26(29)30)11-17(10-15)32-20-8-13(2)6-7-14(20)3/h6-12H,5H2,1-4H3,(H,23,27). The van der Waals surface area contributed by atoms with Crippen molar-refractivity contribution in [3.8, 4) is 11.5 Å². The molecule has 3 aromatic rings. The summed E-state index contributed by atoms with van der Waals surface area (Å²) >= 11 is 0. The lowest BCUT2D eigenvalue weighted by Gasteiger charge is -2.11. The molecule has 2 aromatic carbocycles. The number of nitro benzene ring substituents is 1. The van der Waals surface area contributed by atoms with E-state index < -0.39 is 16.8 Å². The highest BCUT2D eigenvalue weighted by Gasteiger charge is 2.20. The molecule has 0 atom stereocenters. The van der Waals surface area contributed by atoms with Crippen LogP contribution in [0.1, 0.15) is 39.0 Å². The van der Waals surface area contributed by atoms with Gasteiger partial charge in [-0.15, -0.1) is 0 Å². The third-order valence-electron chi connectivity index (χ3n) is 4.53. The molecule has 1 amide bonds. The number of amides is 1. The van der Waals surface area contributed by atoms with E-state index in [4.69, 9.17) is 9.47 Å². The molecule has 32 heavy (non-hydrogen) atoms. The molecule has 0 saturated heterocycles. The molecule has 0 radical (unpaired) electrons. The number of hydrogen-bond acceptors (Lipinski definition) is 7. The Labute approximate surface area is 183 Å². The average Bonchev–Trinajstić information content (AvgIpc) is 3.12. The highest BCUT2D eigenvalue weighted by Crippen LogP contribution is 2.32. The zero-order valence-electron chi connectivity index (χ0n) is 18.0. The molecule has 0 fully saturated rings. The molecule has 0 spiro atoms. The second kappa shape index (κ2) is 9.29. The molecule has 0 saturated carbocycles. The number of benzene rings is 2. The lowest BCUT2D eigenvalue weighted by molar-refractivity contribution is -0.384. The van der Waals surface area contributed by atoms with Gasteiger partial charge in [0.25, 0.3) is 11.6 Å². The number of nitrogens with one attached hydrogen (secondary N) is 1. The number of nitrogens with zero attached hydrogens (tertiary/aromatic N) is 3. The van der Waals surface area contributed by atoms with E-state index in [0.717, 1.165) is 11.1 Å². The van der Waals surface area contributed by atoms with Gasteiger partial charge in [0.2, 0.25) is 0 Å². The number of rotatable bonds is 7. The zero-order valence-corrected chi connectivity index (χ0v) is 18.0. The first-order chi connectivity index (χ1) is 15.2. The quantitative estimate of drug-likeness (QED) is 0.333. The van der Waals surface area contributed by atoms with Gasteiger partial charge in [0.15, 0.2) is 5.69 Å². The zero-order chi connectivity index (χ0) is 23.4.